The summed E-state index contributed by atoms with van der Waals surface area (Å²) in [6.45, 7) is 2.67. The van der Waals surface area contributed by atoms with Crippen LogP contribution in [0.1, 0.15) is 24.3 Å². The largest absolute Gasteiger partial charge is 0.460 e. The standard InChI is InChI=1S/C20H18FN3O/c1-14(15-4-2-5-18(11-15)24-9-3-8-23-24)22-13-19-12-16-10-17(21)6-7-20(16)25-19/h2-12,14,22H,13H2,1H3/t14-/m1/s1. The fraction of sp³-hybridized carbons (Fsp3) is 0.150. The Morgan fingerprint density at radius 3 is 2.92 bits per heavy atom. The monoisotopic (exact) mass is 335 g/mol. The predicted octanol–water partition coefficient (Wildman–Crippen LogP) is 4.61. The van der Waals surface area contributed by atoms with Gasteiger partial charge in [-0.05, 0) is 55.0 Å². The zero-order chi connectivity index (χ0) is 17.2. The lowest BCUT2D eigenvalue weighted by Gasteiger charge is -2.14. The second-order valence-electron chi connectivity index (χ2n) is 6.04. The predicted molar refractivity (Wildman–Crippen MR) is 95.0 cm³/mol. The number of aromatic nitrogens is 2. The van der Waals surface area contributed by atoms with Crippen LogP contribution in [0.15, 0.2) is 71.4 Å². The summed E-state index contributed by atoms with van der Waals surface area (Å²) in [7, 11) is 0. The van der Waals surface area contributed by atoms with Gasteiger partial charge in [-0.3, -0.25) is 0 Å². The third-order valence-electron chi connectivity index (χ3n) is 4.25. The van der Waals surface area contributed by atoms with Gasteiger partial charge in [0.1, 0.15) is 17.2 Å². The topological polar surface area (TPSA) is 43.0 Å². The molecule has 1 N–H and O–H groups in total. The van der Waals surface area contributed by atoms with Crippen molar-refractivity contribution in [2.75, 3.05) is 0 Å². The summed E-state index contributed by atoms with van der Waals surface area (Å²) in [5.74, 6) is 0.535. The molecule has 0 radical (unpaired) electrons. The first-order chi connectivity index (χ1) is 12.2. The number of rotatable bonds is 5. The summed E-state index contributed by atoms with van der Waals surface area (Å²) >= 11 is 0. The number of nitrogens with one attached hydrogen (secondary N) is 1. The van der Waals surface area contributed by atoms with E-state index in [1.807, 2.05) is 35.1 Å². The van der Waals surface area contributed by atoms with Gasteiger partial charge in [0, 0.05) is 23.8 Å². The van der Waals surface area contributed by atoms with Crippen LogP contribution in [0.25, 0.3) is 16.7 Å². The molecule has 25 heavy (non-hydrogen) atoms. The van der Waals surface area contributed by atoms with E-state index < -0.39 is 0 Å². The number of nitrogens with zero attached hydrogens (tertiary/aromatic N) is 2. The maximum atomic E-state index is 13.3. The summed E-state index contributed by atoms with van der Waals surface area (Å²) in [5.41, 5.74) is 2.89. The van der Waals surface area contributed by atoms with Gasteiger partial charge >= 0.3 is 0 Å². The van der Waals surface area contributed by atoms with Gasteiger partial charge in [-0.25, -0.2) is 9.07 Å². The summed E-state index contributed by atoms with van der Waals surface area (Å²) in [4.78, 5) is 0. The fourth-order valence-electron chi connectivity index (χ4n) is 2.89. The highest BCUT2D eigenvalue weighted by atomic mass is 19.1. The van der Waals surface area contributed by atoms with E-state index in [9.17, 15) is 4.39 Å². The first-order valence-corrected chi connectivity index (χ1v) is 8.20. The molecule has 2 aromatic carbocycles. The van der Waals surface area contributed by atoms with Crippen molar-refractivity contribution in [1.82, 2.24) is 15.1 Å². The Kier molecular flexibility index (Phi) is 4.07. The Labute approximate surface area is 144 Å². The van der Waals surface area contributed by atoms with Crippen molar-refractivity contribution in [3.8, 4) is 5.69 Å². The van der Waals surface area contributed by atoms with Gasteiger partial charge in [0.15, 0.2) is 0 Å². The quantitative estimate of drug-likeness (QED) is 0.579. The molecule has 0 amide bonds. The first kappa shape index (κ1) is 15.6. The van der Waals surface area contributed by atoms with E-state index >= 15 is 0 Å². The lowest BCUT2D eigenvalue weighted by molar-refractivity contribution is 0.482. The number of hydrogen-bond acceptors (Lipinski definition) is 3. The molecule has 5 heteroatoms. The molecule has 4 aromatic rings. The highest BCUT2D eigenvalue weighted by Crippen LogP contribution is 2.22. The number of hydrogen-bond donors (Lipinski definition) is 1. The van der Waals surface area contributed by atoms with Crippen molar-refractivity contribution in [1.29, 1.82) is 0 Å². The number of furan rings is 1. The summed E-state index contributed by atoms with van der Waals surface area (Å²) < 4.78 is 20.9. The van der Waals surface area contributed by atoms with Crippen LogP contribution in [-0.4, -0.2) is 9.78 Å². The Bertz CT molecular complexity index is 991. The average Bonchev–Trinajstić information content (AvgIpc) is 3.29. The van der Waals surface area contributed by atoms with Crippen LogP contribution in [0.2, 0.25) is 0 Å². The lowest BCUT2D eigenvalue weighted by atomic mass is 10.1. The molecule has 4 nitrogen and oxygen atoms in total. The molecule has 0 saturated heterocycles. The van der Waals surface area contributed by atoms with Crippen LogP contribution in [0.4, 0.5) is 4.39 Å². The Morgan fingerprint density at radius 1 is 1.16 bits per heavy atom. The van der Waals surface area contributed by atoms with Crippen LogP contribution in [-0.2, 0) is 6.54 Å². The van der Waals surface area contributed by atoms with E-state index in [-0.39, 0.29) is 11.9 Å². The fourth-order valence-corrected chi connectivity index (χ4v) is 2.89. The average molecular weight is 335 g/mol. The van der Waals surface area contributed by atoms with E-state index in [2.05, 4.69) is 29.5 Å². The number of benzene rings is 2. The lowest BCUT2D eigenvalue weighted by Crippen LogP contribution is -2.18. The molecule has 0 bridgehead atoms. The van der Waals surface area contributed by atoms with E-state index in [4.69, 9.17) is 4.42 Å². The minimum atomic E-state index is -0.253. The summed E-state index contributed by atoms with van der Waals surface area (Å²) in [6, 6.07) is 16.7. The SMILES string of the molecule is C[C@@H](NCc1cc2cc(F)ccc2o1)c1cccc(-n2cccn2)c1. The molecular formula is C20H18FN3O. The first-order valence-electron chi connectivity index (χ1n) is 8.20. The molecule has 2 heterocycles. The maximum Gasteiger partial charge on any atom is 0.134 e. The highest BCUT2D eigenvalue weighted by molar-refractivity contribution is 5.77. The second kappa shape index (κ2) is 6.53. The van der Waals surface area contributed by atoms with Gasteiger partial charge in [-0.1, -0.05) is 12.1 Å². The third kappa shape index (κ3) is 3.32. The normalized spacial score (nSPS) is 12.6. The van der Waals surface area contributed by atoms with Crippen LogP contribution >= 0.6 is 0 Å². The van der Waals surface area contributed by atoms with E-state index in [0.29, 0.717) is 12.1 Å². The smallest absolute Gasteiger partial charge is 0.134 e. The molecule has 4 rings (SSSR count). The van der Waals surface area contributed by atoms with Crippen molar-refractivity contribution in [3.63, 3.8) is 0 Å². The minimum absolute atomic E-state index is 0.139. The molecule has 0 unspecified atom stereocenters. The summed E-state index contributed by atoms with van der Waals surface area (Å²) in [5, 5.41) is 8.49. The molecule has 1 atom stereocenters. The zero-order valence-electron chi connectivity index (χ0n) is 13.8. The molecule has 2 aromatic heterocycles. The molecule has 0 aliphatic rings. The Balaban J connectivity index is 1.48. The molecule has 0 spiro atoms. The van der Waals surface area contributed by atoms with Crippen molar-refractivity contribution >= 4 is 11.0 Å². The molecular weight excluding hydrogens is 317 g/mol. The Hall–Kier alpha value is -2.92. The molecule has 0 aliphatic carbocycles. The summed E-state index contributed by atoms with van der Waals surface area (Å²) in [6.07, 6.45) is 3.68. The second-order valence-corrected chi connectivity index (χ2v) is 6.04. The number of fused-ring (bicyclic) bond motifs is 1. The van der Waals surface area contributed by atoms with Crippen molar-refractivity contribution < 1.29 is 8.81 Å². The van der Waals surface area contributed by atoms with Gasteiger partial charge in [0.2, 0.25) is 0 Å². The van der Waals surface area contributed by atoms with Gasteiger partial charge in [-0.2, -0.15) is 5.10 Å². The minimum Gasteiger partial charge on any atom is -0.460 e. The maximum absolute atomic E-state index is 13.3. The van der Waals surface area contributed by atoms with Gasteiger partial charge in [-0.15, -0.1) is 0 Å². The van der Waals surface area contributed by atoms with Gasteiger partial charge in [0.25, 0.3) is 0 Å². The van der Waals surface area contributed by atoms with Gasteiger partial charge in [0.05, 0.1) is 12.2 Å². The van der Waals surface area contributed by atoms with Crippen molar-refractivity contribution in [3.05, 3.63) is 84.1 Å². The van der Waals surface area contributed by atoms with Gasteiger partial charge < -0.3 is 9.73 Å². The number of halogens is 1. The van der Waals surface area contributed by atoms with Crippen LogP contribution < -0.4 is 5.32 Å². The molecule has 126 valence electrons. The van der Waals surface area contributed by atoms with Crippen LogP contribution in [0, 0.1) is 5.82 Å². The van der Waals surface area contributed by atoms with Crippen molar-refractivity contribution in [2.24, 2.45) is 0 Å². The Morgan fingerprint density at radius 2 is 2.08 bits per heavy atom. The third-order valence-corrected chi connectivity index (χ3v) is 4.25. The van der Waals surface area contributed by atoms with E-state index in [1.165, 1.54) is 12.1 Å². The van der Waals surface area contributed by atoms with Crippen molar-refractivity contribution in [2.45, 2.75) is 19.5 Å². The van der Waals surface area contributed by atoms with Crippen LogP contribution in [0.5, 0.6) is 0 Å². The molecule has 0 aliphatic heterocycles. The molecule has 0 fully saturated rings. The highest BCUT2D eigenvalue weighted by Gasteiger charge is 2.09. The van der Waals surface area contributed by atoms with E-state index in [1.54, 1.807) is 12.3 Å². The van der Waals surface area contributed by atoms with Crippen LogP contribution in [0.3, 0.4) is 0 Å². The zero-order valence-corrected chi connectivity index (χ0v) is 13.8. The molecule has 0 saturated carbocycles. The van der Waals surface area contributed by atoms with E-state index in [0.717, 1.165) is 22.4 Å².